The highest BCUT2D eigenvalue weighted by atomic mass is 32.2. The Bertz CT molecular complexity index is 889. The number of thiazole rings is 1. The number of nitrogens with one attached hydrogen (secondary N) is 1. The lowest BCUT2D eigenvalue weighted by Gasteiger charge is -2.16. The van der Waals surface area contributed by atoms with E-state index in [9.17, 15) is 18.0 Å². The summed E-state index contributed by atoms with van der Waals surface area (Å²) in [4.78, 5) is 27.9. The van der Waals surface area contributed by atoms with Crippen LogP contribution in [0, 0.1) is 0 Å². The van der Waals surface area contributed by atoms with Crippen molar-refractivity contribution in [1.29, 1.82) is 0 Å². The van der Waals surface area contributed by atoms with Crippen LogP contribution in [0.25, 0.3) is 0 Å². The number of amides is 1. The molecule has 8 nitrogen and oxygen atoms in total. The number of sulfonamides is 1. The number of aromatic nitrogens is 1. The fourth-order valence-corrected chi connectivity index (χ4v) is 4.37. The largest absolute Gasteiger partial charge is 0.476 e. The number of carboxylic acid groups (broad SMARTS) is 1. The lowest BCUT2D eigenvalue weighted by molar-refractivity contribution is -0.117. The van der Waals surface area contributed by atoms with Gasteiger partial charge in [0, 0.05) is 18.7 Å². The molecule has 126 valence electrons. The molecule has 24 heavy (non-hydrogen) atoms. The monoisotopic (exact) mass is 367 g/mol. The van der Waals surface area contributed by atoms with E-state index in [1.54, 1.807) is 17.0 Å². The molecule has 0 bridgehead atoms. The molecule has 1 aliphatic rings. The molecule has 1 saturated heterocycles. The average molecular weight is 367 g/mol. The van der Waals surface area contributed by atoms with Gasteiger partial charge >= 0.3 is 5.97 Å². The van der Waals surface area contributed by atoms with Crippen molar-refractivity contribution in [2.24, 2.45) is 0 Å². The molecule has 0 spiro atoms. The Kier molecular flexibility index (Phi) is 4.24. The zero-order valence-electron chi connectivity index (χ0n) is 12.3. The molecule has 1 aliphatic heterocycles. The minimum atomic E-state index is -3.94. The minimum Gasteiger partial charge on any atom is -0.476 e. The highest BCUT2D eigenvalue weighted by Gasteiger charge is 2.24. The molecule has 0 radical (unpaired) electrons. The number of benzene rings is 1. The first-order valence-corrected chi connectivity index (χ1v) is 9.35. The van der Waals surface area contributed by atoms with Crippen LogP contribution < -0.4 is 9.62 Å². The van der Waals surface area contributed by atoms with E-state index in [-0.39, 0.29) is 21.5 Å². The minimum absolute atomic E-state index is 0.0134. The normalized spacial score (nSPS) is 14.8. The van der Waals surface area contributed by atoms with Crippen molar-refractivity contribution in [2.45, 2.75) is 17.7 Å². The summed E-state index contributed by atoms with van der Waals surface area (Å²) >= 11 is 0.888. The first-order valence-electron chi connectivity index (χ1n) is 6.98. The maximum Gasteiger partial charge on any atom is 0.357 e. The predicted molar refractivity (Wildman–Crippen MR) is 87.9 cm³/mol. The molecule has 1 amide bonds. The van der Waals surface area contributed by atoms with E-state index >= 15 is 0 Å². The van der Waals surface area contributed by atoms with E-state index in [0.29, 0.717) is 18.7 Å². The van der Waals surface area contributed by atoms with Crippen LogP contribution in [0.2, 0.25) is 0 Å². The predicted octanol–water partition coefficient (Wildman–Crippen LogP) is 1.77. The number of carbonyl (C=O) groups is 2. The molecule has 1 fully saturated rings. The van der Waals surface area contributed by atoms with Gasteiger partial charge in [-0.3, -0.25) is 9.52 Å². The van der Waals surface area contributed by atoms with Crippen molar-refractivity contribution in [3.05, 3.63) is 35.5 Å². The molecule has 2 heterocycles. The molecule has 0 atom stereocenters. The number of hydrogen-bond donors (Lipinski definition) is 2. The van der Waals surface area contributed by atoms with Crippen LogP contribution in [0.4, 0.5) is 10.7 Å². The summed E-state index contributed by atoms with van der Waals surface area (Å²) in [6.07, 6.45) is 1.27. The van der Waals surface area contributed by atoms with Crippen molar-refractivity contribution in [2.75, 3.05) is 16.2 Å². The summed E-state index contributed by atoms with van der Waals surface area (Å²) in [5.74, 6) is -1.30. The van der Waals surface area contributed by atoms with Crippen molar-refractivity contribution < 1.29 is 23.1 Å². The van der Waals surface area contributed by atoms with Gasteiger partial charge in [-0.1, -0.05) is 0 Å². The molecule has 2 N–H and O–H groups in total. The molecule has 1 aromatic heterocycles. The topological polar surface area (TPSA) is 117 Å². The Hall–Kier alpha value is -2.46. The van der Waals surface area contributed by atoms with Gasteiger partial charge in [0.05, 0.1) is 10.4 Å². The number of anilines is 2. The van der Waals surface area contributed by atoms with Crippen molar-refractivity contribution >= 4 is 43.9 Å². The fourth-order valence-electron chi connectivity index (χ4n) is 2.38. The van der Waals surface area contributed by atoms with E-state index in [1.165, 1.54) is 17.6 Å². The molecular formula is C14H13N3O5S2. The number of hydrogen-bond acceptors (Lipinski definition) is 6. The van der Waals surface area contributed by atoms with Gasteiger partial charge in [-0.15, -0.1) is 11.3 Å². The van der Waals surface area contributed by atoms with Gasteiger partial charge < -0.3 is 10.0 Å². The van der Waals surface area contributed by atoms with E-state index in [0.717, 1.165) is 17.8 Å². The Labute approximate surface area is 141 Å². The van der Waals surface area contributed by atoms with Gasteiger partial charge in [-0.05, 0) is 30.7 Å². The van der Waals surface area contributed by atoms with Gasteiger partial charge in [-0.2, -0.15) is 0 Å². The average Bonchev–Trinajstić information content (AvgIpc) is 3.16. The molecule has 3 rings (SSSR count). The lowest BCUT2D eigenvalue weighted by Crippen LogP contribution is -2.23. The SMILES string of the molecule is O=C(O)c1ncsc1NS(=O)(=O)c1ccc(N2CCCC2=O)cc1. The second kappa shape index (κ2) is 6.21. The second-order valence-corrected chi connectivity index (χ2v) is 7.62. The summed E-state index contributed by atoms with van der Waals surface area (Å²) in [5.41, 5.74) is 1.55. The number of carboxylic acids is 1. The fraction of sp³-hybridized carbons (Fsp3) is 0.214. The number of carbonyl (C=O) groups excluding carboxylic acids is 1. The maximum atomic E-state index is 12.4. The molecular weight excluding hydrogens is 354 g/mol. The van der Waals surface area contributed by atoms with Gasteiger partial charge in [-0.25, -0.2) is 18.2 Å². The smallest absolute Gasteiger partial charge is 0.357 e. The summed E-state index contributed by atoms with van der Waals surface area (Å²) in [6, 6.07) is 5.88. The van der Waals surface area contributed by atoms with E-state index in [1.807, 2.05) is 0 Å². The molecule has 1 aromatic carbocycles. The van der Waals surface area contributed by atoms with E-state index < -0.39 is 16.0 Å². The quantitative estimate of drug-likeness (QED) is 0.832. The highest BCUT2D eigenvalue weighted by Crippen LogP contribution is 2.26. The van der Waals surface area contributed by atoms with Crippen LogP contribution in [0.3, 0.4) is 0 Å². The van der Waals surface area contributed by atoms with Crippen LogP contribution in [0.1, 0.15) is 23.3 Å². The van der Waals surface area contributed by atoms with E-state index in [4.69, 9.17) is 5.11 Å². The molecule has 10 heteroatoms. The standard InChI is InChI=1S/C14H13N3O5S2/c18-11-2-1-7-17(11)9-3-5-10(6-4-9)24(21,22)16-13-12(14(19)20)15-8-23-13/h3-6,8,16H,1-2,7H2,(H,19,20). The summed E-state index contributed by atoms with van der Waals surface area (Å²) < 4.78 is 27.0. The third-order valence-electron chi connectivity index (χ3n) is 3.53. The van der Waals surface area contributed by atoms with Crippen molar-refractivity contribution in [1.82, 2.24) is 4.98 Å². The van der Waals surface area contributed by atoms with Crippen LogP contribution in [-0.4, -0.2) is 36.9 Å². The lowest BCUT2D eigenvalue weighted by atomic mass is 10.3. The van der Waals surface area contributed by atoms with Crippen molar-refractivity contribution in [3.8, 4) is 0 Å². The molecule has 0 saturated carbocycles. The third kappa shape index (κ3) is 3.10. The summed E-state index contributed by atoms with van der Waals surface area (Å²) in [7, 11) is -3.94. The van der Waals surface area contributed by atoms with Gasteiger partial charge in [0.25, 0.3) is 10.0 Å². The first kappa shape index (κ1) is 16.4. The molecule has 2 aromatic rings. The molecule has 0 unspecified atom stereocenters. The summed E-state index contributed by atoms with van der Waals surface area (Å²) in [5, 5.41) is 8.92. The third-order valence-corrected chi connectivity index (χ3v) is 5.77. The number of rotatable bonds is 5. The van der Waals surface area contributed by atoms with Crippen LogP contribution in [0.15, 0.2) is 34.7 Å². The Morgan fingerprint density at radius 1 is 1.29 bits per heavy atom. The van der Waals surface area contributed by atoms with Crippen molar-refractivity contribution in [3.63, 3.8) is 0 Å². The maximum absolute atomic E-state index is 12.4. The molecule has 0 aliphatic carbocycles. The zero-order chi connectivity index (χ0) is 17.3. The number of aromatic carboxylic acids is 1. The zero-order valence-corrected chi connectivity index (χ0v) is 13.9. The number of nitrogens with zero attached hydrogens (tertiary/aromatic N) is 2. The van der Waals surface area contributed by atoms with Gasteiger partial charge in [0.15, 0.2) is 5.69 Å². The van der Waals surface area contributed by atoms with E-state index in [2.05, 4.69) is 9.71 Å². The first-order chi connectivity index (χ1) is 11.4. The Balaban J connectivity index is 1.83. The summed E-state index contributed by atoms with van der Waals surface area (Å²) in [6.45, 7) is 0.617. The highest BCUT2D eigenvalue weighted by molar-refractivity contribution is 7.93. The van der Waals surface area contributed by atoms with Crippen LogP contribution in [-0.2, 0) is 14.8 Å². The Morgan fingerprint density at radius 2 is 2.00 bits per heavy atom. The van der Waals surface area contributed by atoms with Crippen LogP contribution in [0.5, 0.6) is 0 Å². The van der Waals surface area contributed by atoms with Gasteiger partial charge in [0.2, 0.25) is 5.91 Å². The Morgan fingerprint density at radius 3 is 2.58 bits per heavy atom. The van der Waals surface area contributed by atoms with Gasteiger partial charge in [0.1, 0.15) is 5.00 Å². The van der Waals surface area contributed by atoms with Crippen LogP contribution >= 0.6 is 11.3 Å². The second-order valence-electron chi connectivity index (χ2n) is 5.08.